The predicted molar refractivity (Wildman–Crippen MR) is 113 cm³/mol. The Morgan fingerprint density at radius 2 is 1.66 bits per heavy atom. The van der Waals surface area contributed by atoms with Crippen molar-refractivity contribution in [3.05, 3.63) is 0 Å². The molecule has 4 aliphatic carbocycles. The first-order valence-corrected chi connectivity index (χ1v) is 13.7. The summed E-state index contributed by atoms with van der Waals surface area (Å²) in [6.45, 7) is 7.54. The fourth-order valence-corrected chi connectivity index (χ4v) is 9.57. The Hall–Kier alpha value is 0.910. The third-order valence-corrected chi connectivity index (χ3v) is 11.2. The van der Waals surface area contributed by atoms with Crippen LogP contribution < -0.4 is 29.6 Å². The Bertz CT molecular complexity index is 680. The van der Waals surface area contributed by atoms with Crippen molar-refractivity contribution in [1.29, 1.82) is 0 Å². The van der Waals surface area contributed by atoms with Crippen LogP contribution >= 0.6 is 0 Å². The van der Waals surface area contributed by atoms with E-state index in [-0.39, 0.29) is 35.3 Å². The Morgan fingerprint density at radius 3 is 2.38 bits per heavy atom. The summed E-state index contributed by atoms with van der Waals surface area (Å²) in [5.74, 6) is 4.80. The van der Waals surface area contributed by atoms with E-state index in [2.05, 4.69) is 20.8 Å². The maximum atomic E-state index is 11.0. The van der Waals surface area contributed by atoms with Gasteiger partial charge in [0.05, 0.1) is 10.1 Å². The number of hydrogen-bond acceptors (Lipinski definition) is 3. The van der Waals surface area contributed by atoms with Gasteiger partial charge in [0.1, 0.15) is 0 Å². The van der Waals surface area contributed by atoms with Gasteiger partial charge in [-0.3, -0.25) is 0 Å². The number of fused-ring (bicyclic) bond motifs is 5. The maximum absolute atomic E-state index is 11.0. The molecule has 0 aliphatic heterocycles. The third-order valence-electron chi connectivity index (χ3n) is 10.4. The predicted octanol–water partition coefficient (Wildman–Crippen LogP) is 3.00. The average molecular weight is 433 g/mol. The molecule has 162 valence electrons. The van der Waals surface area contributed by atoms with Crippen molar-refractivity contribution in [2.24, 2.45) is 46.3 Å². The fourth-order valence-electron chi connectivity index (χ4n) is 9.05. The molecule has 0 amide bonds. The largest absolute Gasteiger partial charge is 1.00 e. The second kappa shape index (κ2) is 9.04. The van der Waals surface area contributed by atoms with Gasteiger partial charge in [-0.05, 0) is 111 Å². The number of hydrogen-bond donors (Lipinski definition) is 0. The van der Waals surface area contributed by atoms with Gasteiger partial charge in [-0.1, -0.05) is 33.6 Å². The summed E-state index contributed by atoms with van der Waals surface area (Å²) >= 11 is 0. The van der Waals surface area contributed by atoms with E-state index in [0.29, 0.717) is 29.1 Å². The minimum absolute atomic E-state index is 0. The Labute approximate surface area is 201 Å². The van der Waals surface area contributed by atoms with Crippen LogP contribution in [0.2, 0.25) is 0 Å². The van der Waals surface area contributed by atoms with Crippen LogP contribution in [0, 0.1) is 46.3 Å². The first kappa shape index (κ1) is 24.6. The van der Waals surface area contributed by atoms with Crippen molar-refractivity contribution in [1.82, 2.24) is 0 Å². The zero-order chi connectivity index (χ0) is 20.2. The minimum Gasteiger partial charge on any atom is -0.748 e. The molecule has 0 aromatic rings. The molecule has 4 rings (SSSR count). The van der Waals surface area contributed by atoms with Crippen LogP contribution in [0.4, 0.5) is 0 Å². The Morgan fingerprint density at radius 1 is 0.931 bits per heavy atom. The summed E-state index contributed by atoms with van der Waals surface area (Å²) in [7, 11) is -4.07. The van der Waals surface area contributed by atoms with Gasteiger partial charge in [0.2, 0.25) is 0 Å². The third kappa shape index (κ3) is 4.54. The van der Waals surface area contributed by atoms with Crippen molar-refractivity contribution in [3.63, 3.8) is 0 Å². The summed E-state index contributed by atoms with van der Waals surface area (Å²) in [6.07, 6.45) is 15.7. The summed E-state index contributed by atoms with van der Waals surface area (Å²) in [5.41, 5.74) is 1.05. The van der Waals surface area contributed by atoms with Gasteiger partial charge in [0, 0.05) is 5.75 Å². The first-order chi connectivity index (χ1) is 13.2. The van der Waals surface area contributed by atoms with E-state index in [1.54, 1.807) is 0 Å². The molecule has 1 unspecified atom stereocenters. The van der Waals surface area contributed by atoms with Gasteiger partial charge in [-0.25, -0.2) is 8.42 Å². The first-order valence-electron chi connectivity index (χ1n) is 12.1. The smallest absolute Gasteiger partial charge is 0.748 e. The van der Waals surface area contributed by atoms with Gasteiger partial charge in [-0.2, -0.15) is 0 Å². The molecule has 5 heteroatoms. The standard InChI is InChI=1S/C24H42O3S.Na/c1-17(7-6-16-28(25,26)27)20-11-12-21-19-10-9-18-8-4-5-14-23(18,2)22(19)13-15-24(20,21)3;/h17-22H,4-16H2,1-3H3,(H,25,26,27);/q;+1/p-1/t17-,18?,19+,20-,21+,22+,23+,24-;/m1./s1. The van der Waals surface area contributed by atoms with Gasteiger partial charge < -0.3 is 4.55 Å². The van der Waals surface area contributed by atoms with Crippen LogP contribution in [-0.4, -0.2) is 18.7 Å². The van der Waals surface area contributed by atoms with Crippen LogP contribution in [0.25, 0.3) is 0 Å². The zero-order valence-corrected chi connectivity index (χ0v) is 22.1. The molecular weight excluding hydrogens is 391 g/mol. The second-order valence-corrected chi connectivity index (χ2v) is 13.0. The van der Waals surface area contributed by atoms with Crippen molar-refractivity contribution in [2.75, 3.05) is 5.75 Å². The van der Waals surface area contributed by atoms with E-state index in [9.17, 15) is 13.0 Å². The van der Waals surface area contributed by atoms with E-state index < -0.39 is 10.1 Å². The molecule has 0 N–H and O–H groups in total. The summed E-state index contributed by atoms with van der Waals surface area (Å²) in [6, 6.07) is 0. The molecule has 4 aliphatic rings. The van der Waals surface area contributed by atoms with Crippen molar-refractivity contribution in [2.45, 2.75) is 97.8 Å². The van der Waals surface area contributed by atoms with E-state index in [4.69, 9.17) is 0 Å². The molecule has 0 saturated heterocycles. The van der Waals surface area contributed by atoms with Gasteiger partial charge in [-0.15, -0.1) is 0 Å². The molecule has 0 heterocycles. The molecule has 3 nitrogen and oxygen atoms in total. The SMILES string of the molecule is C[C@H](CCCS(=O)(=O)[O-])[C@H]1CC[C@H]2[C@@H]3CCC4CCCC[C@]4(C)[C@H]3CC[C@]12C.[Na+]. The van der Waals surface area contributed by atoms with Gasteiger partial charge in [0.25, 0.3) is 0 Å². The van der Waals surface area contributed by atoms with E-state index in [1.165, 1.54) is 64.2 Å². The summed E-state index contributed by atoms with van der Waals surface area (Å²) in [4.78, 5) is 0. The molecule has 29 heavy (non-hydrogen) atoms. The molecule has 0 aromatic heterocycles. The van der Waals surface area contributed by atoms with Gasteiger partial charge in [0.15, 0.2) is 0 Å². The normalized spacial score (nSPS) is 45.4. The topological polar surface area (TPSA) is 57.2 Å². The van der Waals surface area contributed by atoms with Crippen molar-refractivity contribution in [3.8, 4) is 0 Å². The minimum atomic E-state index is -4.07. The Kier molecular flexibility index (Phi) is 7.65. The van der Waals surface area contributed by atoms with Crippen molar-refractivity contribution < 1.29 is 42.5 Å². The van der Waals surface area contributed by atoms with Gasteiger partial charge >= 0.3 is 29.6 Å². The fraction of sp³-hybridized carbons (Fsp3) is 1.00. The van der Waals surface area contributed by atoms with Crippen LogP contribution in [0.3, 0.4) is 0 Å². The molecule has 0 bridgehead atoms. The van der Waals surface area contributed by atoms with Crippen LogP contribution in [0.5, 0.6) is 0 Å². The zero-order valence-electron chi connectivity index (χ0n) is 19.3. The number of rotatable bonds is 5. The molecule has 0 aromatic carbocycles. The van der Waals surface area contributed by atoms with Crippen LogP contribution in [0.1, 0.15) is 97.8 Å². The molecular formula is C24H41NaO3S. The quantitative estimate of drug-likeness (QED) is 0.496. The van der Waals surface area contributed by atoms with E-state index in [1.807, 2.05) is 0 Å². The molecule has 0 radical (unpaired) electrons. The van der Waals surface area contributed by atoms with E-state index in [0.717, 1.165) is 30.1 Å². The van der Waals surface area contributed by atoms with E-state index >= 15 is 0 Å². The second-order valence-electron chi connectivity index (χ2n) is 11.5. The summed E-state index contributed by atoms with van der Waals surface area (Å²) in [5, 5.41) is 0. The maximum Gasteiger partial charge on any atom is 1.00 e. The molecule has 0 spiro atoms. The molecule has 4 saturated carbocycles. The molecule has 8 atom stereocenters. The van der Waals surface area contributed by atoms with Crippen LogP contribution in [-0.2, 0) is 10.1 Å². The monoisotopic (exact) mass is 432 g/mol. The van der Waals surface area contributed by atoms with Crippen LogP contribution in [0.15, 0.2) is 0 Å². The molecule has 4 fully saturated rings. The summed E-state index contributed by atoms with van der Waals surface area (Å²) < 4.78 is 32.9. The Balaban J connectivity index is 0.00000240. The van der Waals surface area contributed by atoms with Crippen molar-refractivity contribution >= 4 is 10.1 Å². The average Bonchev–Trinajstić information content (AvgIpc) is 2.97.